The van der Waals surface area contributed by atoms with Gasteiger partial charge in [0.1, 0.15) is 5.82 Å². The molecular formula is C11H8Cl3N3. The predicted molar refractivity (Wildman–Crippen MR) is 71.5 cm³/mol. The monoisotopic (exact) mass is 287 g/mol. The summed E-state index contributed by atoms with van der Waals surface area (Å²) in [6.07, 6.45) is 1.64. The van der Waals surface area contributed by atoms with Crippen molar-refractivity contribution in [2.45, 2.75) is 6.92 Å². The normalized spacial score (nSPS) is 10.4. The molecule has 17 heavy (non-hydrogen) atoms. The van der Waals surface area contributed by atoms with Gasteiger partial charge in [0, 0.05) is 27.5 Å². The number of benzene rings is 1. The quantitative estimate of drug-likeness (QED) is 0.827. The molecule has 88 valence electrons. The van der Waals surface area contributed by atoms with Gasteiger partial charge < -0.3 is 5.32 Å². The maximum atomic E-state index is 5.90. The van der Waals surface area contributed by atoms with Crippen LogP contribution in [0.5, 0.6) is 0 Å². The smallest absolute Gasteiger partial charge is 0.224 e. The molecule has 0 bridgehead atoms. The number of nitrogens with one attached hydrogen (secondary N) is 1. The number of anilines is 2. The van der Waals surface area contributed by atoms with Crippen molar-refractivity contribution in [3.63, 3.8) is 0 Å². The number of rotatable bonds is 2. The molecule has 0 radical (unpaired) electrons. The lowest BCUT2D eigenvalue weighted by molar-refractivity contribution is 1.13. The molecule has 0 aliphatic carbocycles. The molecule has 2 aromatic rings. The van der Waals surface area contributed by atoms with E-state index in [9.17, 15) is 0 Å². The minimum atomic E-state index is 0.186. The van der Waals surface area contributed by atoms with E-state index in [1.165, 1.54) is 0 Å². The lowest BCUT2D eigenvalue weighted by Gasteiger charge is -2.09. The molecule has 6 heteroatoms. The van der Waals surface area contributed by atoms with Crippen LogP contribution >= 0.6 is 34.8 Å². The van der Waals surface area contributed by atoms with Gasteiger partial charge in [0.05, 0.1) is 0 Å². The van der Waals surface area contributed by atoms with Gasteiger partial charge in [0.2, 0.25) is 5.28 Å². The third kappa shape index (κ3) is 3.22. The second-order valence-electron chi connectivity index (χ2n) is 3.45. The Morgan fingerprint density at radius 3 is 2.35 bits per heavy atom. The first kappa shape index (κ1) is 12.4. The maximum absolute atomic E-state index is 5.90. The summed E-state index contributed by atoms with van der Waals surface area (Å²) in [5, 5.41) is 4.38. The Labute approximate surface area is 114 Å². The van der Waals surface area contributed by atoms with Gasteiger partial charge in [0.25, 0.3) is 0 Å². The second-order valence-corrected chi connectivity index (χ2v) is 4.66. The highest BCUT2D eigenvalue weighted by Gasteiger charge is 2.04. The number of hydrogen-bond acceptors (Lipinski definition) is 3. The molecule has 2 rings (SSSR count). The van der Waals surface area contributed by atoms with Crippen LogP contribution < -0.4 is 5.32 Å². The third-order valence-electron chi connectivity index (χ3n) is 2.07. The van der Waals surface area contributed by atoms with Gasteiger partial charge in [-0.2, -0.15) is 0 Å². The molecule has 1 heterocycles. The maximum Gasteiger partial charge on any atom is 0.224 e. The van der Waals surface area contributed by atoms with E-state index in [2.05, 4.69) is 15.3 Å². The van der Waals surface area contributed by atoms with Crippen LogP contribution in [0.1, 0.15) is 5.56 Å². The van der Waals surface area contributed by atoms with Crippen LogP contribution in [-0.4, -0.2) is 9.97 Å². The topological polar surface area (TPSA) is 37.8 Å². The van der Waals surface area contributed by atoms with E-state index in [0.29, 0.717) is 15.9 Å². The molecule has 0 amide bonds. The predicted octanol–water partition coefficient (Wildman–Crippen LogP) is 4.49. The van der Waals surface area contributed by atoms with E-state index in [1.807, 2.05) is 6.92 Å². The van der Waals surface area contributed by atoms with E-state index in [4.69, 9.17) is 34.8 Å². The summed E-state index contributed by atoms with van der Waals surface area (Å²) in [5.74, 6) is 0.628. The molecule has 0 aliphatic rings. The summed E-state index contributed by atoms with van der Waals surface area (Å²) in [4.78, 5) is 7.96. The standard InChI is InChI=1S/C11H8Cl3N3/c1-6-5-15-11(14)17-10(6)16-9-3-7(12)2-8(13)4-9/h2-5H,1H3,(H,15,16,17). The fourth-order valence-electron chi connectivity index (χ4n) is 1.31. The molecule has 0 saturated heterocycles. The summed E-state index contributed by atoms with van der Waals surface area (Å²) in [6, 6.07) is 5.17. The highest BCUT2D eigenvalue weighted by molar-refractivity contribution is 6.35. The Bertz CT molecular complexity index is 537. The van der Waals surface area contributed by atoms with Gasteiger partial charge >= 0.3 is 0 Å². The molecule has 1 aromatic carbocycles. The Morgan fingerprint density at radius 2 is 1.71 bits per heavy atom. The zero-order valence-corrected chi connectivity index (χ0v) is 11.1. The van der Waals surface area contributed by atoms with Gasteiger partial charge in [-0.1, -0.05) is 23.2 Å². The van der Waals surface area contributed by atoms with Crippen LogP contribution in [0.15, 0.2) is 24.4 Å². The molecular weight excluding hydrogens is 281 g/mol. The molecule has 0 atom stereocenters. The van der Waals surface area contributed by atoms with E-state index in [1.54, 1.807) is 24.4 Å². The van der Waals surface area contributed by atoms with Crippen LogP contribution in [0.4, 0.5) is 11.5 Å². The first-order valence-electron chi connectivity index (χ1n) is 4.77. The average molecular weight is 289 g/mol. The van der Waals surface area contributed by atoms with Gasteiger partial charge in [-0.25, -0.2) is 9.97 Å². The Morgan fingerprint density at radius 1 is 1.06 bits per heavy atom. The van der Waals surface area contributed by atoms with Crippen LogP contribution in [0.25, 0.3) is 0 Å². The summed E-state index contributed by atoms with van der Waals surface area (Å²) in [7, 11) is 0. The highest BCUT2D eigenvalue weighted by atomic mass is 35.5. The van der Waals surface area contributed by atoms with Gasteiger partial charge in [-0.15, -0.1) is 0 Å². The SMILES string of the molecule is Cc1cnc(Cl)nc1Nc1cc(Cl)cc(Cl)c1. The number of halogens is 3. The summed E-state index contributed by atoms with van der Waals surface area (Å²) < 4.78 is 0. The zero-order valence-electron chi connectivity index (χ0n) is 8.84. The number of aryl methyl sites for hydroxylation is 1. The lowest BCUT2D eigenvalue weighted by Crippen LogP contribution is -1.98. The van der Waals surface area contributed by atoms with E-state index in [0.717, 1.165) is 11.3 Å². The van der Waals surface area contributed by atoms with Crippen molar-refractivity contribution in [1.29, 1.82) is 0 Å². The van der Waals surface area contributed by atoms with Crippen LogP contribution in [0.2, 0.25) is 15.3 Å². The van der Waals surface area contributed by atoms with Crippen molar-refractivity contribution in [2.75, 3.05) is 5.32 Å². The van der Waals surface area contributed by atoms with Crippen LogP contribution in [0, 0.1) is 6.92 Å². The minimum absolute atomic E-state index is 0.186. The van der Waals surface area contributed by atoms with Crippen molar-refractivity contribution >= 4 is 46.3 Å². The number of aromatic nitrogens is 2. The van der Waals surface area contributed by atoms with E-state index < -0.39 is 0 Å². The van der Waals surface area contributed by atoms with Gasteiger partial charge in [-0.3, -0.25) is 0 Å². The van der Waals surface area contributed by atoms with Crippen molar-refractivity contribution in [1.82, 2.24) is 9.97 Å². The summed E-state index contributed by atoms with van der Waals surface area (Å²) in [6.45, 7) is 1.88. The van der Waals surface area contributed by atoms with E-state index in [-0.39, 0.29) is 5.28 Å². The molecule has 0 fully saturated rings. The Balaban J connectivity index is 2.34. The first-order chi connectivity index (χ1) is 8.04. The van der Waals surface area contributed by atoms with Crippen molar-refractivity contribution < 1.29 is 0 Å². The second kappa shape index (κ2) is 5.08. The highest BCUT2D eigenvalue weighted by Crippen LogP contribution is 2.25. The lowest BCUT2D eigenvalue weighted by atomic mass is 10.3. The van der Waals surface area contributed by atoms with Crippen LogP contribution in [-0.2, 0) is 0 Å². The average Bonchev–Trinajstić information content (AvgIpc) is 2.22. The molecule has 1 aromatic heterocycles. The minimum Gasteiger partial charge on any atom is -0.340 e. The Kier molecular flexibility index (Phi) is 3.72. The molecule has 3 nitrogen and oxygen atoms in total. The first-order valence-corrected chi connectivity index (χ1v) is 5.90. The molecule has 0 aliphatic heterocycles. The zero-order chi connectivity index (χ0) is 12.4. The molecule has 0 spiro atoms. The Hall–Kier alpha value is -1.03. The summed E-state index contributed by atoms with van der Waals surface area (Å²) in [5.41, 5.74) is 1.63. The van der Waals surface area contributed by atoms with Gasteiger partial charge in [0.15, 0.2) is 0 Å². The van der Waals surface area contributed by atoms with E-state index >= 15 is 0 Å². The molecule has 0 saturated carbocycles. The fraction of sp³-hybridized carbons (Fsp3) is 0.0909. The largest absolute Gasteiger partial charge is 0.340 e. The number of nitrogens with zero attached hydrogens (tertiary/aromatic N) is 2. The van der Waals surface area contributed by atoms with Gasteiger partial charge in [-0.05, 0) is 36.7 Å². The summed E-state index contributed by atoms with van der Waals surface area (Å²) >= 11 is 17.5. The molecule has 0 unspecified atom stereocenters. The molecule has 1 N–H and O–H groups in total. The third-order valence-corrected chi connectivity index (χ3v) is 2.69. The van der Waals surface area contributed by atoms with Crippen molar-refractivity contribution in [2.24, 2.45) is 0 Å². The number of hydrogen-bond donors (Lipinski definition) is 1. The van der Waals surface area contributed by atoms with Crippen molar-refractivity contribution in [3.05, 3.63) is 45.3 Å². The van der Waals surface area contributed by atoms with Crippen LogP contribution in [0.3, 0.4) is 0 Å². The fourth-order valence-corrected chi connectivity index (χ4v) is 1.97. The van der Waals surface area contributed by atoms with Crippen molar-refractivity contribution in [3.8, 4) is 0 Å².